The Labute approximate surface area is 148 Å². The van der Waals surface area contributed by atoms with Gasteiger partial charge in [-0.25, -0.2) is 9.98 Å². The maximum Gasteiger partial charge on any atom is 0.219 e. The third-order valence-corrected chi connectivity index (χ3v) is 3.24. The van der Waals surface area contributed by atoms with Crippen LogP contribution in [0.25, 0.3) is 0 Å². The average molecular weight is 340 g/mol. The second kappa shape index (κ2) is 9.97. The van der Waals surface area contributed by atoms with Crippen molar-refractivity contribution in [3.63, 3.8) is 0 Å². The molecule has 0 spiro atoms. The number of ether oxygens (including phenoxy) is 2. The van der Waals surface area contributed by atoms with Crippen molar-refractivity contribution in [2.45, 2.75) is 13.5 Å². The van der Waals surface area contributed by atoms with E-state index in [-0.39, 0.29) is 0 Å². The van der Waals surface area contributed by atoms with Crippen LogP contribution in [-0.4, -0.2) is 31.1 Å². The van der Waals surface area contributed by atoms with Crippen molar-refractivity contribution in [2.75, 3.05) is 20.2 Å². The number of pyridine rings is 1. The van der Waals surface area contributed by atoms with Crippen molar-refractivity contribution in [1.29, 1.82) is 0 Å². The summed E-state index contributed by atoms with van der Waals surface area (Å²) < 4.78 is 10.9. The van der Waals surface area contributed by atoms with Gasteiger partial charge in [-0.2, -0.15) is 0 Å². The molecule has 0 fully saturated rings. The Morgan fingerprint density at radius 1 is 1.24 bits per heavy atom. The van der Waals surface area contributed by atoms with Crippen molar-refractivity contribution < 1.29 is 9.47 Å². The molecular weight excluding hydrogens is 316 g/mol. The number of nitrogens with one attached hydrogen (secondary N) is 2. The van der Waals surface area contributed by atoms with Gasteiger partial charge in [0.15, 0.2) is 5.96 Å². The molecule has 0 saturated heterocycles. The first-order chi connectivity index (χ1) is 12.2. The Kier molecular flexibility index (Phi) is 7.31. The molecule has 0 aliphatic rings. The third-order valence-electron chi connectivity index (χ3n) is 3.24. The summed E-state index contributed by atoms with van der Waals surface area (Å²) in [4.78, 5) is 8.83. The Morgan fingerprint density at radius 3 is 2.76 bits per heavy atom. The van der Waals surface area contributed by atoms with Crippen molar-refractivity contribution in [3.05, 3.63) is 60.8 Å². The molecule has 2 aromatic rings. The number of guanidine groups is 1. The third kappa shape index (κ3) is 6.18. The highest BCUT2D eigenvalue weighted by Gasteiger charge is 2.02. The standard InChI is InChI=1S/C19H24N4O2/c1-4-11-21-19(20-5-2)23-14-15-9-10-18(22-13-15)25-17-8-6-7-16(12-17)24-3/h4,6-10,12-13H,1,5,11,14H2,2-3H3,(H2,20,21,23). The van der Waals surface area contributed by atoms with Gasteiger partial charge >= 0.3 is 0 Å². The Hall–Kier alpha value is -3.02. The molecule has 0 unspecified atom stereocenters. The molecule has 2 rings (SSSR count). The summed E-state index contributed by atoms with van der Waals surface area (Å²) in [6.45, 7) is 7.71. The van der Waals surface area contributed by atoms with E-state index >= 15 is 0 Å². The number of aromatic nitrogens is 1. The lowest BCUT2D eigenvalue weighted by Crippen LogP contribution is -2.37. The molecule has 1 heterocycles. The molecule has 132 valence electrons. The molecule has 0 aliphatic heterocycles. The molecule has 6 heteroatoms. The summed E-state index contributed by atoms with van der Waals surface area (Å²) in [5.74, 6) is 2.70. The van der Waals surface area contributed by atoms with Crippen LogP contribution in [0.1, 0.15) is 12.5 Å². The predicted molar refractivity (Wildman–Crippen MR) is 100 cm³/mol. The van der Waals surface area contributed by atoms with E-state index in [0.29, 0.717) is 24.7 Å². The fourth-order valence-electron chi connectivity index (χ4n) is 2.03. The van der Waals surface area contributed by atoms with E-state index in [1.54, 1.807) is 19.4 Å². The highest BCUT2D eigenvalue weighted by Crippen LogP contribution is 2.23. The first-order valence-corrected chi connectivity index (χ1v) is 8.15. The van der Waals surface area contributed by atoms with Crippen molar-refractivity contribution in [1.82, 2.24) is 15.6 Å². The second-order valence-corrected chi connectivity index (χ2v) is 5.15. The SMILES string of the molecule is C=CCNC(=NCc1ccc(Oc2cccc(OC)c2)nc1)NCC. The fourth-order valence-corrected chi connectivity index (χ4v) is 2.03. The van der Waals surface area contributed by atoms with Gasteiger partial charge in [0.25, 0.3) is 0 Å². The van der Waals surface area contributed by atoms with Gasteiger partial charge in [0.2, 0.25) is 5.88 Å². The van der Waals surface area contributed by atoms with Crippen LogP contribution in [0.15, 0.2) is 60.2 Å². The molecule has 6 nitrogen and oxygen atoms in total. The number of aliphatic imine (C=N–C) groups is 1. The van der Waals surface area contributed by atoms with E-state index < -0.39 is 0 Å². The summed E-state index contributed by atoms with van der Waals surface area (Å²) in [7, 11) is 1.62. The second-order valence-electron chi connectivity index (χ2n) is 5.15. The van der Waals surface area contributed by atoms with Gasteiger partial charge in [0, 0.05) is 31.4 Å². The molecule has 25 heavy (non-hydrogen) atoms. The van der Waals surface area contributed by atoms with E-state index in [9.17, 15) is 0 Å². The number of hydrogen-bond acceptors (Lipinski definition) is 4. The molecule has 2 N–H and O–H groups in total. The maximum atomic E-state index is 5.73. The number of hydrogen-bond donors (Lipinski definition) is 2. The Bertz CT molecular complexity index is 699. The van der Waals surface area contributed by atoms with Gasteiger partial charge in [-0.15, -0.1) is 6.58 Å². The van der Waals surface area contributed by atoms with Crippen LogP contribution in [-0.2, 0) is 6.54 Å². The van der Waals surface area contributed by atoms with Crippen LogP contribution in [0.4, 0.5) is 0 Å². The summed E-state index contributed by atoms with van der Waals surface area (Å²) in [5, 5.41) is 6.34. The minimum absolute atomic E-state index is 0.526. The largest absolute Gasteiger partial charge is 0.497 e. The summed E-state index contributed by atoms with van der Waals surface area (Å²) in [5.41, 5.74) is 0.994. The van der Waals surface area contributed by atoms with Crippen LogP contribution >= 0.6 is 0 Å². The van der Waals surface area contributed by atoms with E-state index in [0.717, 1.165) is 23.8 Å². The van der Waals surface area contributed by atoms with Crippen LogP contribution in [0.2, 0.25) is 0 Å². The molecule has 0 saturated carbocycles. The van der Waals surface area contributed by atoms with Crippen LogP contribution in [0.5, 0.6) is 17.4 Å². The Balaban J connectivity index is 1.97. The van der Waals surface area contributed by atoms with Gasteiger partial charge in [0.1, 0.15) is 11.5 Å². The van der Waals surface area contributed by atoms with Crippen molar-refractivity contribution >= 4 is 5.96 Å². The molecular formula is C19H24N4O2. The highest BCUT2D eigenvalue weighted by molar-refractivity contribution is 5.79. The zero-order valence-electron chi connectivity index (χ0n) is 14.7. The molecule has 0 amide bonds. The quantitative estimate of drug-likeness (QED) is 0.439. The molecule has 0 atom stereocenters. The van der Waals surface area contributed by atoms with E-state index in [1.807, 2.05) is 43.3 Å². The minimum Gasteiger partial charge on any atom is -0.497 e. The summed E-state index contributed by atoms with van der Waals surface area (Å²) in [6, 6.07) is 11.2. The average Bonchev–Trinajstić information content (AvgIpc) is 2.65. The maximum absolute atomic E-state index is 5.73. The normalized spacial score (nSPS) is 10.9. The van der Waals surface area contributed by atoms with Gasteiger partial charge in [0.05, 0.1) is 13.7 Å². The van der Waals surface area contributed by atoms with Gasteiger partial charge in [-0.3, -0.25) is 0 Å². The first kappa shape index (κ1) is 18.3. The van der Waals surface area contributed by atoms with E-state index in [1.165, 1.54) is 0 Å². The predicted octanol–water partition coefficient (Wildman–Crippen LogP) is 3.12. The van der Waals surface area contributed by atoms with E-state index in [2.05, 4.69) is 27.2 Å². The monoisotopic (exact) mass is 340 g/mol. The lowest BCUT2D eigenvalue weighted by Gasteiger charge is -2.09. The lowest BCUT2D eigenvalue weighted by atomic mass is 10.3. The zero-order chi connectivity index (χ0) is 17.9. The summed E-state index contributed by atoms with van der Waals surface area (Å²) in [6.07, 6.45) is 3.55. The van der Waals surface area contributed by atoms with E-state index in [4.69, 9.17) is 9.47 Å². The topological polar surface area (TPSA) is 67.8 Å². The smallest absolute Gasteiger partial charge is 0.219 e. The van der Waals surface area contributed by atoms with Gasteiger partial charge < -0.3 is 20.1 Å². The van der Waals surface area contributed by atoms with Crippen molar-refractivity contribution in [3.8, 4) is 17.4 Å². The Morgan fingerprint density at radius 2 is 2.08 bits per heavy atom. The van der Waals surface area contributed by atoms with Crippen LogP contribution in [0.3, 0.4) is 0 Å². The first-order valence-electron chi connectivity index (χ1n) is 8.15. The van der Waals surface area contributed by atoms with Crippen LogP contribution < -0.4 is 20.1 Å². The highest BCUT2D eigenvalue weighted by atomic mass is 16.5. The molecule has 1 aromatic carbocycles. The van der Waals surface area contributed by atoms with Crippen LogP contribution in [0, 0.1) is 0 Å². The summed E-state index contributed by atoms with van der Waals surface area (Å²) >= 11 is 0. The zero-order valence-corrected chi connectivity index (χ0v) is 14.7. The number of benzene rings is 1. The fraction of sp³-hybridized carbons (Fsp3) is 0.263. The molecule has 0 bridgehead atoms. The lowest BCUT2D eigenvalue weighted by molar-refractivity contribution is 0.407. The molecule has 0 radical (unpaired) electrons. The molecule has 1 aromatic heterocycles. The van der Waals surface area contributed by atoms with Gasteiger partial charge in [-0.1, -0.05) is 18.2 Å². The number of rotatable bonds is 8. The van der Waals surface area contributed by atoms with Crippen molar-refractivity contribution in [2.24, 2.45) is 4.99 Å². The number of methoxy groups -OCH3 is 1. The minimum atomic E-state index is 0.526. The number of nitrogens with zero attached hydrogens (tertiary/aromatic N) is 2. The van der Waals surface area contributed by atoms with Gasteiger partial charge in [-0.05, 0) is 24.6 Å². The molecule has 0 aliphatic carbocycles.